The van der Waals surface area contributed by atoms with Crippen molar-refractivity contribution in [1.29, 1.82) is 0 Å². The molecule has 7 nitrogen and oxygen atoms in total. The molecule has 0 atom stereocenters. The molecular formula is C24H30N4O3S. The van der Waals surface area contributed by atoms with Gasteiger partial charge >= 0.3 is 0 Å². The van der Waals surface area contributed by atoms with Crippen LogP contribution in [0.15, 0.2) is 59.5 Å². The van der Waals surface area contributed by atoms with Gasteiger partial charge in [0.1, 0.15) is 0 Å². The Morgan fingerprint density at radius 1 is 1.09 bits per heavy atom. The molecule has 2 N–H and O–H groups in total. The molecule has 0 saturated carbocycles. The fraction of sp³-hybridized carbons (Fsp3) is 0.375. The topological polar surface area (TPSA) is 85.5 Å². The van der Waals surface area contributed by atoms with E-state index >= 15 is 0 Å². The van der Waals surface area contributed by atoms with E-state index in [-0.39, 0.29) is 17.3 Å². The van der Waals surface area contributed by atoms with Crippen molar-refractivity contribution in [3.8, 4) is 0 Å². The van der Waals surface area contributed by atoms with Crippen LogP contribution in [0.2, 0.25) is 0 Å². The van der Waals surface area contributed by atoms with Crippen molar-refractivity contribution in [2.24, 2.45) is 0 Å². The van der Waals surface area contributed by atoms with Crippen LogP contribution in [0, 0.1) is 0 Å². The van der Waals surface area contributed by atoms with Crippen LogP contribution in [-0.2, 0) is 21.4 Å². The third-order valence-corrected chi connectivity index (χ3v) is 8.07. The summed E-state index contributed by atoms with van der Waals surface area (Å²) in [5, 5.41) is 4.13. The number of aromatic amines is 1. The molecule has 4 rings (SSSR count). The molecule has 1 fully saturated rings. The van der Waals surface area contributed by atoms with Crippen LogP contribution in [0.4, 0.5) is 0 Å². The summed E-state index contributed by atoms with van der Waals surface area (Å²) < 4.78 is 26.2. The summed E-state index contributed by atoms with van der Waals surface area (Å²) in [6, 6.07) is 17.3. The number of nitrogens with zero attached hydrogens (tertiary/aromatic N) is 2. The number of amides is 1. The van der Waals surface area contributed by atoms with Crippen LogP contribution in [0.25, 0.3) is 10.9 Å². The predicted octanol–water partition coefficient (Wildman–Crippen LogP) is 2.91. The Morgan fingerprint density at radius 3 is 2.50 bits per heavy atom. The first-order valence-corrected chi connectivity index (χ1v) is 12.4. The van der Waals surface area contributed by atoms with Crippen LogP contribution < -0.4 is 5.32 Å². The van der Waals surface area contributed by atoms with Gasteiger partial charge < -0.3 is 10.3 Å². The summed E-state index contributed by atoms with van der Waals surface area (Å²) in [7, 11) is -0.548. The first kappa shape index (κ1) is 22.5. The van der Waals surface area contributed by atoms with Crippen molar-refractivity contribution in [3.05, 3.63) is 65.9 Å². The van der Waals surface area contributed by atoms with Gasteiger partial charge in [-0.1, -0.05) is 36.4 Å². The van der Waals surface area contributed by atoms with Gasteiger partial charge in [0.05, 0.1) is 11.4 Å². The van der Waals surface area contributed by atoms with E-state index in [1.165, 1.54) is 35.0 Å². The number of carbonyl (C=O) groups is 1. The molecular weight excluding hydrogens is 424 g/mol. The fourth-order valence-electron chi connectivity index (χ4n) is 4.27. The van der Waals surface area contributed by atoms with Gasteiger partial charge in [-0.2, -0.15) is 0 Å². The van der Waals surface area contributed by atoms with Crippen molar-refractivity contribution in [1.82, 2.24) is 19.5 Å². The van der Waals surface area contributed by atoms with E-state index in [2.05, 4.69) is 39.5 Å². The molecule has 1 aliphatic heterocycles. The van der Waals surface area contributed by atoms with Crippen molar-refractivity contribution in [2.45, 2.75) is 30.2 Å². The van der Waals surface area contributed by atoms with Gasteiger partial charge in [-0.15, -0.1) is 0 Å². The molecule has 0 bridgehead atoms. The zero-order valence-electron chi connectivity index (χ0n) is 18.5. The van der Waals surface area contributed by atoms with Gasteiger partial charge in [-0.05, 0) is 55.1 Å². The number of fused-ring (bicyclic) bond motifs is 1. The van der Waals surface area contributed by atoms with E-state index in [1.54, 1.807) is 24.3 Å². The average Bonchev–Trinajstić information content (AvgIpc) is 3.22. The summed E-state index contributed by atoms with van der Waals surface area (Å²) >= 11 is 0. The van der Waals surface area contributed by atoms with E-state index in [0.29, 0.717) is 18.0 Å². The molecule has 0 unspecified atom stereocenters. The third kappa shape index (κ3) is 4.87. The smallest absolute Gasteiger partial charge is 0.242 e. The highest BCUT2D eigenvalue weighted by atomic mass is 32.2. The lowest BCUT2D eigenvalue weighted by Gasteiger charge is -2.31. The van der Waals surface area contributed by atoms with Crippen molar-refractivity contribution >= 4 is 26.8 Å². The zero-order valence-corrected chi connectivity index (χ0v) is 19.4. The lowest BCUT2D eigenvalue weighted by Crippen LogP contribution is -2.41. The number of sulfonamides is 1. The highest BCUT2D eigenvalue weighted by Crippen LogP contribution is 2.29. The largest absolute Gasteiger partial charge is 0.358 e. The summed E-state index contributed by atoms with van der Waals surface area (Å²) in [4.78, 5) is 18.5. The Morgan fingerprint density at radius 2 is 1.78 bits per heavy atom. The molecule has 8 heteroatoms. The maximum atomic E-state index is 12.5. The summed E-state index contributed by atoms with van der Waals surface area (Å²) in [5.41, 5.74) is 3.03. The van der Waals surface area contributed by atoms with E-state index < -0.39 is 10.0 Å². The average molecular weight is 455 g/mol. The number of hydrogen-bond donors (Lipinski definition) is 2. The number of rotatable bonds is 7. The summed E-state index contributed by atoms with van der Waals surface area (Å²) in [6.07, 6.45) is 2.01. The minimum Gasteiger partial charge on any atom is -0.358 e. The quantitative estimate of drug-likeness (QED) is 0.575. The minimum absolute atomic E-state index is 0.0916. The maximum absolute atomic E-state index is 12.5. The Balaban J connectivity index is 1.30. The fourth-order valence-corrected chi connectivity index (χ4v) is 5.38. The van der Waals surface area contributed by atoms with Gasteiger partial charge in [0.25, 0.3) is 0 Å². The van der Waals surface area contributed by atoms with E-state index in [0.717, 1.165) is 25.9 Å². The van der Waals surface area contributed by atoms with E-state index in [1.807, 2.05) is 6.07 Å². The van der Waals surface area contributed by atoms with E-state index in [4.69, 9.17) is 0 Å². The summed E-state index contributed by atoms with van der Waals surface area (Å²) in [5.74, 6) is 0.385. The molecule has 32 heavy (non-hydrogen) atoms. The van der Waals surface area contributed by atoms with Crippen molar-refractivity contribution in [3.63, 3.8) is 0 Å². The number of piperidine rings is 1. The molecule has 1 aromatic heterocycles. The third-order valence-electron chi connectivity index (χ3n) is 6.15. The highest BCUT2D eigenvalue weighted by molar-refractivity contribution is 7.89. The molecule has 0 radical (unpaired) electrons. The molecule has 0 aliphatic carbocycles. The van der Waals surface area contributed by atoms with Crippen LogP contribution >= 0.6 is 0 Å². The van der Waals surface area contributed by atoms with Crippen molar-refractivity contribution in [2.75, 3.05) is 33.7 Å². The number of benzene rings is 2. The highest BCUT2D eigenvalue weighted by Gasteiger charge is 2.24. The number of carbonyl (C=O) groups excluding carboxylic acids is 1. The maximum Gasteiger partial charge on any atom is 0.242 e. The van der Waals surface area contributed by atoms with E-state index in [9.17, 15) is 13.2 Å². The van der Waals surface area contributed by atoms with Gasteiger partial charge in [0, 0.05) is 37.8 Å². The first-order chi connectivity index (χ1) is 15.3. The number of hydrogen-bond acceptors (Lipinski definition) is 4. The molecule has 170 valence electrons. The molecule has 1 aliphatic rings. The Hall–Kier alpha value is -2.68. The molecule has 0 spiro atoms. The second-order valence-corrected chi connectivity index (χ2v) is 10.7. The molecule has 1 saturated heterocycles. The normalized spacial score (nSPS) is 16.0. The number of para-hydroxylation sites is 1. The Bertz CT molecular complexity index is 1160. The Labute approximate surface area is 189 Å². The second kappa shape index (κ2) is 9.44. The second-order valence-electron chi connectivity index (χ2n) is 8.53. The lowest BCUT2D eigenvalue weighted by atomic mass is 9.93. The van der Waals surface area contributed by atoms with Crippen LogP contribution in [0.3, 0.4) is 0 Å². The SMILES string of the molecule is CN(C)S(=O)(=O)c1ccccc1CNC(=O)CN1CCC(c2cc3ccccc3[nH]2)CC1. The molecule has 3 aromatic rings. The summed E-state index contributed by atoms with van der Waals surface area (Å²) in [6.45, 7) is 2.23. The van der Waals surface area contributed by atoms with Crippen LogP contribution in [0.1, 0.15) is 30.0 Å². The standard InChI is InChI=1S/C24H30N4O3S/c1-27(2)32(30,31)23-10-6-4-8-20(23)16-25-24(29)17-28-13-11-18(12-14-28)22-15-19-7-3-5-9-21(19)26-22/h3-10,15,18,26H,11-14,16-17H2,1-2H3,(H,25,29). The lowest BCUT2D eigenvalue weighted by molar-refractivity contribution is -0.122. The van der Waals surface area contributed by atoms with Crippen molar-refractivity contribution < 1.29 is 13.2 Å². The van der Waals surface area contributed by atoms with Gasteiger partial charge in [-0.25, -0.2) is 12.7 Å². The first-order valence-electron chi connectivity index (χ1n) is 10.9. The minimum atomic E-state index is -3.56. The predicted molar refractivity (Wildman–Crippen MR) is 126 cm³/mol. The van der Waals surface area contributed by atoms with Gasteiger partial charge in [0.15, 0.2) is 0 Å². The molecule has 2 aromatic carbocycles. The number of aromatic nitrogens is 1. The zero-order chi connectivity index (χ0) is 22.7. The number of likely N-dealkylation sites (tertiary alicyclic amines) is 1. The van der Waals surface area contributed by atoms with Gasteiger partial charge in [-0.3, -0.25) is 9.69 Å². The molecule has 2 heterocycles. The Kier molecular flexibility index (Phi) is 6.64. The molecule has 1 amide bonds. The van der Waals surface area contributed by atoms with Gasteiger partial charge in [0.2, 0.25) is 15.9 Å². The van der Waals surface area contributed by atoms with Crippen LogP contribution in [0.5, 0.6) is 0 Å². The van der Waals surface area contributed by atoms with Crippen LogP contribution in [-0.4, -0.2) is 62.2 Å². The monoisotopic (exact) mass is 454 g/mol. The number of nitrogens with one attached hydrogen (secondary N) is 2. The number of H-pyrrole nitrogens is 1.